The standard InChI is InChI=1S/C22H29N3O2/c1-5-25(6-2)22(27)17-11-13-18(14-12-17)23-15-21(26)24-20-10-8-7-9-19(20)16(3)4/h7-14,16,23H,5-6,15H2,1-4H3,(H,24,26). The first kappa shape index (κ1) is 20.5. The van der Waals surface area contributed by atoms with Gasteiger partial charge in [-0.1, -0.05) is 32.0 Å². The van der Waals surface area contributed by atoms with Crippen LogP contribution in [0.25, 0.3) is 0 Å². The number of para-hydroxylation sites is 1. The van der Waals surface area contributed by atoms with E-state index in [2.05, 4.69) is 24.5 Å². The number of hydrogen-bond donors (Lipinski definition) is 2. The Labute approximate surface area is 161 Å². The molecule has 0 saturated carbocycles. The molecule has 0 aliphatic heterocycles. The van der Waals surface area contributed by atoms with Gasteiger partial charge in [-0.3, -0.25) is 9.59 Å². The summed E-state index contributed by atoms with van der Waals surface area (Å²) in [7, 11) is 0. The summed E-state index contributed by atoms with van der Waals surface area (Å²) in [6.45, 7) is 9.67. The molecular weight excluding hydrogens is 338 g/mol. The monoisotopic (exact) mass is 367 g/mol. The van der Waals surface area contributed by atoms with Crippen LogP contribution >= 0.6 is 0 Å². The molecule has 0 radical (unpaired) electrons. The lowest BCUT2D eigenvalue weighted by molar-refractivity contribution is -0.114. The van der Waals surface area contributed by atoms with Crippen molar-refractivity contribution in [2.45, 2.75) is 33.6 Å². The topological polar surface area (TPSA) is 61.4 Å². The van der Waals surface area contributed by atoms with Gasteiger partial charge < -0.3 is 15.5 Å². The summed E-state index contributed by atoms with van der Waals surface area (Å²) in [6, 6.07) is 15.1. The molecular formula is C22H29N3O2. The van der Waals surface area contributed by atoms with Gasteiger partial charge in [0.25, 0.3) is 5.91 Å². The van der Waals surface area contributed by atoms with Gasteiger partial charge in [0.05, 0.1) is 6.54 Å². The molecule has 0 saturated heterocycles. The van der Waals surface area contributed by atoms with Crippen molar-refractivity contribution in [1.29, 1.82) is 0 Å². The van der Waals surface area contributed by atoms with Gasteiger partial charge in [-0.15, -0.1) is 0 Å². The summed E-state index contributed by atoms with van der Waals surface area (Å²) in [4.78, 5) is 26.4. The van der Waals surface area contributed by atoms with E-state index in [1.165, 1.54) is 0 Å². The predicted molar refractivity (Wildman–Crippen MR) is 111 cm³/mol. The van der Waals surface area contributed by atoms with Crippen LogP contribution in [0.15, 0.2) is 48.5 Å². The van der Waals surface area contributed by atoms with Crippen LogP contribution in [-0.2, 0) is 4.79 Å². The molecule has 144 valence electrons. The minimum absolute atomic E-state index is 0.0228. The third-order valence-electron chi connectivity index (χ3n) is 4.49. The molecule has 0 spiro atoms. The zero-order chi connectivity index (χ0) is 19.8. The van der Waals surface area contributed by atoms with E-state index in [0.29, 0.717) is 24.6 Å². The van der Waals surface area contributed by atoms with Gasteiger partial charge in [-0.2, -0.15) is 0 Å². The van der Waals surface area contributed by atoms with Gasteiger partial charge in [-0.05, 0) is 55.7 Å². The summed E-state index contributed by atoms with van der Waals surface area (Å²) in [5.41, 5.74) is 3.42. The van der Waals surface area contributed by atoms with Crippen molar-refractivity contribution >= 4 is 23.2 Å². The van der Waals surface area contributed by atoms with E-state index >= 15 is 0 Å². The zero-order valence-electron chi connectivity index (χ0n) is 16.6. The fourth-order valence-electron chi connectivity index (χ4n) is 2.92. The molecule has 0 aliphatic rings. The zero-order valence-corrected chi connectivity index (χ0v) is 16.6. The number of hydrogen-bond acceptors (Lipinski definition) is 3. The lowest BCUT2D eigenvalue weighted by Gasteiger charge is -2.18. The minimum atomic E-state index is -0.105. The molecule has 27 heavy (non-hydrogen) atoms. The number of carbonyl (C=O) groups excluding carboxylic acids is 2. The number of rotatable bonds is 8. The number of nitrogens with one attached hydrogen (secondary N) is 2. The Balaban J connectivity index is 1.93. The van der Waals surface area contributed by atoms with Crippen LogP contribution in [0.4, 0.5) is 11.4 Å². The highest BCUT2D eigenvalue weighted by molar-refractivity contribution is 5.95. The lowest BCUT2D eigenvalue weighted by atomic mass is 10.0. The van der Waals surface area contributed by atoms with E-state index in [-0.39, 0.29) is 18.4 Å². The SMILES string of the molecule is CCN(CC)C(=O)c1ccc(NCC(=O)Nc2ccccc2C(C)C)cc1. The third-order valence-corrected chi connectivity index (χ3v) is 4.49. The summed E-state index contributed by atoms with van der Waals surface area (Å²) < 4.78 is 0. The second-order valence-electron chi connectivity index (χ2n) is 6.70. The number of benzene rings is 2. The molecule has 2 rings (SSSR count). The molecule has 5 nitrogen and oxygen atoms in total. The van der Waals surface area contributed by atoms with E-state index in [1.807, 2.05) is 50.2 Å². The Bertz CT molecular complexity index is 765. The highest BCUT2D eigenvalue weighted by Gasteiger charge is 2.12. The van der Waals surface area contributed by atoms with Gasteiger partial charge in [0.15, 0.2) is 0 Å². The number of anilines is 2. The second-order valence-corrected chi connectivity index (χ2v) is 6.70. The average molecular weight is 367 g/mol. The normalized spacial score (nSPS) is 10.6. The first-order chi connectivity index (χ1) is 13.0. The Morgan fingerprint density at radius 2 is 1.59 bits per heavy atom. The quantitative estimate of drug-likeness (QED) is 0.729. The number of amides is 2. The van der Waals surface area contributed by atoms with E-state index in [4.69, 9.17) is 0 Å². The molecule has 0 aromatic heterocycles. The highest BCUT2D eigenvalue weighted by Crippen LogP contribution is 2.23. The van der Waals surface area contributed by atoms with E-state index in [9.17, 15) is 9.59 Å². The molecule has 5 heteroatoms. The van der Waals surface area contributed by atoms with Gasteiger partial charge in [0, 0.05) is 30.0 Å². The largest absolute Gasteiger partial charge is 0.376 e. The van der Waals surface area contributed by atoms with Crippen LogP contribution < -0.4 is 10.6 Å². The summed E-state index contributed by atoms with van der Waals surface area (Å²) in [5, 5.41) is 6.06. The smallest absolute Gasteiger partial charge is 0.253 e. The molecule has 2 aromatic rings. The maximum absolute atomic E-state index is 12.3. The van der Waals surface area contributed by atoms with Crippen LogP contribution in [0, 0.1) is 0 Å². The summed E-state index contributed by atoms with van der Waals surface area (Å²) in [6.07, 6.45) is 0. The molecule has 0 atom stereocenters. The van der Waals surface area contributed by atoms with Crippen LogP contribution in [0.5, 0.6) is 0 Å². The average Bonchev–Trinajstić information content (AvgIpc) is 2.68. The number of carbonyl (C=O) groups is 2. The van der Waals surface area contributed by atoms with Gasteiger partial charge in [0.1, 0.15) is 0 Å². The van der Waals surface area contributed by atoms with Crippen molar-refractivity contribution < 1.29 is 9.59 Å². The van der Waals surface area contributed by atoms with Crippen molar-refractivity contribution in [2.24, 2.45) is 0 Å². The number of nitrogens with zero attached hydrogens (tertiary/aromatic N) is 1. The first-order valence-electron chi connectivity index (χ1n) is 9.48. The molecule has 2 N–H and O–H groups in total. The third kappa shape index (κ3) is 5.58. The Morgan fingerprint density at radius 1 is 0.963 bits per heavy atom. The molecule has 0 heterocycles. The van der Waals surface area contributed by atoms with E-state index < -0.39 is 0 Å². The molecule has 2 amide bonds. The first-order valence-corrected chi connectivity index (χ1v) is 9.48. The summed E-state index contributed by atoms with van der Waals surface area (Å²) in [5.74, 6) is 0.256. The second kappa shape index (κ2) is 9.76. The van der Waals surface area contributed by atoms with Crippen molar-refractivity contribution in [2.75, 3.05) is 30.3 Å². The van der Waals surface area contributed by atoms with E-state index in [0.717, 1.165) is 16.9 Å². The summed E-state index contributed by atoms with van der Waals surface area (Å²) >= 11 is 0. The lowest BCUT2D eigenvalue weighted by Crippen LogP contribution is -2.30. The Kier molecular flexibility index (Phi) is 7.41. The van der Waals surface area contributed by atoms with Gasteiger partial charge >= 0.3 is 0 Å². The predicted octanol–water partition coefficient (Wildman–Crippen LogP) is 4.34. The Morgan fingerprint density at radius 3 is 2.19 bits per heavy atom. The fourth-order valence-corrected chi connectivity index (χ4v) is 2.92. The van der Waals surface area contributed by atoms with Crippen LogP contribution in [0.3, 0.4) is 0 Å². The molecule has 2 aromatic carbocycles. The highest BCUT2D eigenvalue weighted by atomic mass is 16.2. The van der Waals surface area contributed by atoms with E-state index in [1.54, 1.807) is 17.0 Å². The van der Waals surface area contributed by atoms with Crippen LogP contribution in [0.1, 0.15) is 49.5 Å². The van der Waals surface area contributed by atoms with Crippen molar-refractivity contribution in [1.82, 2.24) is 4.90 Å². The van der Waals surface area contributed by atoms with Crippen molar-refractivity contribution in [3.63, 3.8) is 0 Å². The molecule has 0 fully saturated rings. The van der Waals surface area contributed by atoms with Crippen LogP contribution in [-0.4, -0.2) is 36.3 Å². The minimum Gasteiger partial charge on any atom is -0.376 e. The molecule has 0 unspecified atom stereocenters. The van der Waals surface area contributed by atoms with Crippen molar-refractivity contribution in [3.8, 4) is 0 Å². The molecule has 0 aliphatic carbocycles. The fraction of sp³-hybridized carbons (Fsp3) is 0.364. The van der Waals surface area contributed by atoms with Gasteiger partial charge in [0.2, 0.25) is 5.91 Å². The van der Waals surface area contributed by atoms with Crippen LogP contribution in [0.2, 0.25) is 0 Å². The van der Waals surface area contributed by atoms with Crippen molar-refractivity contribution in [3.05, 3.63) is 59.7 Å². The van der Waals surface area contributed by atoms with Gasteiger partial charge in [-0.25, -0.2) is 0 Å². The molecule has 0 bridgehead atoms. The Hall–Kier alpha value is -2.82. The maximum Gasteiger partial charge on any atom is 0.253 e. The maximum atomic E-state index is 12.3.